The van der Waals surface area contributed by atoms with Gasteiger partial charge in [-0.05, 0) is 59.7 Å². The van der Waals surface area contributed by atoms with Crippen molar-refractivity contribution in [1.29, 1.82) is 0 Å². The number of likely N-dealkylation sites (N-methyl/N-ethyl adjacent to an activating group) is 1. The summed E-state index contributed by atoms with van der Waals surface area (Å²) in [5.41, 5.74) is 3.08. The highest BCUT2D eigenvalue weighted by molar-refractivity contribution is 7.92. The summed E-state index contributed by atoms with van der Waals surface area (Å²) in [6, 6.07) is 16.8. The van der Waals surface area contributed by atoms with Gasteiger partial charge in [-0.1, -0.05) is 18.2 Å². The third-order valence-electron chi connectivity index (χ3n) is 6.15. The van der Waals surface area contributed by atoms with E-state index >= 15 is 0 Å². The Bertz CT molecular complexity index is 1630. The zero-order chi connectivity index (χ0) is 29.2. The van der Waals surface area contributed by atoms with Crippen LogP contribution in [0.1, 0.15) is 16.7 Å². The van der Waals surface area contributed by atoms with E-state index in [4.69, 9.17) is 0 Å². The number of benzene rings is 3. The number of nitrogens with one attached hydrogen (secondary N) is 2. The predicted molar refractivity (Wildman–Crippen MR) is 151 cm³/mol. The molecule has 0 aliphatic carbocycles. The number of hydrogen-bond donors (Lipinski definition) is 3. The zero-order valence-corrected chi connectivity index (χ0v) is 22.8. The highest BCUT2D eigenvalue weighted by atomic mass is 32.2. The number of nitrogens with zero attached hydrogens (tertiary/aromatic N) is 2. The van der Waals surface area contributed by atoms with Crippen LogP contribution in [0.15, 0.2) is 66.7 Å². The Morgan fingerprint density at radius 2 is 1.73 bits per heavy atom. The maximum atomic E-state index is 13.9. The molecule has 4 rings (SSSR count). The van der Waals surface area contributed by atoms with E-state index in [0.29, 0.717) is 33.8 Å². The van der Waals surface area contributed by atoms with Crippen molar-refractivity contribution in [3.63, 3.8) is 0 Å². The quantitative estimate of drug-likeness (QED) is 0.338. The molecule has 3 N–H and O–H groups in total. The van der Waals surface area contributed by atoms with Crippen LogP contribution in [0.4, 0.5) is 21.5 Å². The number of rotatable bonds is 9. The number of carbonyl (C=O) groups is 3. The molecule has 0 fully saturated rings. The second kappa shape index (κ2) is 11.2. The van der Waals surface area contributed by atoms with Crippen LogP contribution in [0.25, 0.3) is 11.3 Å². The highest BCUT2D eigenvalue weighted by Crippen LogP contribution is 2.38. The van der Waals surface area contributed by atoms with E-state index in [1.54, 1.807) is 36.4 Å². The van der Waals surface area contributed by atoms with Gasteiger partial charge in [-0.25, -0.2) is 12.8 Å². The van der Waals surface area contributed by atoms with E-state index in [1.807, 2.05) is 0 Å². The summed E-state index contributed by atoms with van der Waals surface area (Å²) >= 11 is 0. The second-order valence-corrected chi connectivity index (χ2v) is 11.3. The van der Waals surface area contributed by atoms with Crippen LogP contribution in [0.3, 0.4) is 0 Å². The fourth-order valence-electron chi connectivity index (χ4n) is 4.20. The van der Waals surface area contributed by atoms with Crippen molar-refractivity contribution in [1.82, 2.24) is 4.90 Å². The Kier molecular flexibility index (Phi) is 7.91. The molecular weight excluding hydrogens is 539 g/mol. The maximum absolute atomic E-state index is 13.9. The van der Waals surface area contributed by atoms with Gasteiger partial charge in [0.05, 0.1) is 35.3 Å². The summed E-state index contributed by atoms with van der Waals surface area (Å²) in [5, 5.41) is 15.1. The Hall–Kier alpha value is -4.71. The maximum Gasteiger partial charge on any atom is 0.307 e. The van der Waals surface area contributed by atoms with Crippen LogP contribution in [0.2, 0.25) is 0 Å². The van der Waals surface area contributed by atoms with Gasteiger partial charge >= 0.3 is 5.97 Å². The minimum Gasteiger partial charge on any atom is -0.481 e. The van der Waals surface area contributed by atoms with E-state index < -0.39 is 33.6 Å². The van der Waals surface area contributed by atoms with Gasteiger partial charge in [-0.15, -0.1) is 0 Å². The molecule has 2 amide bonds. The Morgan fingerprint density at radius 3 is 2.35 bits per heavy atom. The molecule has 3 aromatic carbocycles. The first kappa shape index (κ1) is 28.3. The lowest BCUT2D eigenvalue weighted by molar-refractivity contribution is -0.136. The summed E-state index contributed by atoms with van der Waals surface area (Å²) in [4.78, 5) is 37.9. The number of halogens is 1. The van der Waals surface area contributed by atoms with Gasteiger partial charge < -0.3 is 20.6 Å². The van der Waals surface area contributed by atoms with Crippen LogP contribution in [-0.4, -0.2) is 63.1 Å². The smallest absolute Gasteiger partial charge is 0.307 e. The third-order valence-corrected chi connectivity index (χ3v) is 7.29. The van der Waals surface area contributed by atoms with E-state index in [9.17, 15) is 32.3 Å². The number of sulfonamides is 1. The molecule has 208 valence electrons. The van der Waals surface area contributed by atoms with E-state index in [0.717, 1.165) is 10.6 Å². The van der Waals surface area contributed by atoms with Gasteiger partial charge in [0.25, 0.3) is 5.91 Å². The fourth-order valence-corrected chi connectivity index (χ4v) is 5.05. The number of carboxylic acid groups (broad SMARTS) is 1. The van der Waals surface area contributed by atoms with E-state index in [1.165, 1.54) is 49.3 Å². The number of carboxylic acids is 1. The van der Waals surface area contributed by atoms with Gasteiger partial charge in [0.1, 0.15) is 12.4 Å². The zero-order valence-electron chi connectivity index (χ0n) is 21.9. The first-order valence-electron chi connectivity index (χ1n) is 12.0. The molecule has 0 unspecified atom stereocenters. The average molecular weight is 567 g/mol. The lowest BCUT2D eigenvalue weighted by Gasteiger charge is -2.24. The van der Waals surface area contributed by atoms with Crippen molar-refractivity contribution in [2.75, 3.05) is 41.8 Å². The lowest BCUT2D eigenvalue weighted by atomic mass is 9.98. The lowest BCUT2D eigenvalue weighted by Crippen LogP contribution is -2.39. The molecule has 0 radical (unpaired) electrons. The number of fused-ring (bicyclic) bond motifs is 1. The molecule has 1 aliphatic rings. The highest BCUT2D eigenvalue weighted by Gasteiger charge is 2.29. The molecule has 0 aromatic heterocycles. The molecule has 3 aromatic rings. The molecule has 40 heavy (non-hydrogen) atoms. The average Bonchev–Trinajstić information content (AvgIpc) is 3.19. The minimum absolute atomic E-state index is 0.223. The first-order chi connectivity index (χ1) is 18.8. The number of amides is 2. The SMILES string of the molecule is CN(C)C(=O)CN(c1ccc(N/C(=C2\C(=O)Nc3cc(F)ccc32)c2cccc(CC(=O)O)c2)cc1)S(C)(=O)=O. The summed E-state index contributed by atoms with van der Waals surface area (Å²) in [6.45, 7) is -0.377. The Balaban J connectivity index is 1.78. The van der Waals surface area contributed by atoms with Crippen LogP contribution in [0, 0.1) is 5.82 Å². The first-order valence-corrected chi connectivity index (χ1v) is 13.9. The monoisotopic (exact) mass is 566 g/mol. The van der Waals surface area contributed by atoms with Gasteiger partial charge in [-0.2, -0.15) is 0 Å². The number of carbonyl (C=O) groups excluding carboxylic acids is 2. The molecule has 0 bridgehead atoms. The molecular formula is C28H27FN4O6S. The molecule has 0 saturated carbocycles. The number of aliphatic carboxylic acids is 1. The van der Waals surface area contributed by atoms with Crippen molar-refractivity contribution in [3.05, 3.63) is 89.2 Å². The fraction of sp³-hybridized carbons (Fsp3) is 0.179. The number of anilines is 3. The van der Waals surface area contributed by atoms with Crippen LogP contribution in [0.5, 0.6) is 0 Å². The van der Waals surface area contributed by atoms with Crippen molar-refractivity contribution in [3.8, 4) is 0 Å². The van der Waals surface area contributed by atoms with E-state index in [-0.39, 0.29) is 24.2 Å². The molecule has 1 aliphatic heterocycles. The summed E-state index contributed by atoms with van der Waals surface area (Å²) in [6.07, 6.45) is 0.778. The van der Waals surface area contributed by atoms with Crippen LogP contribution in [-0.2, 0) is 30.8 Å². The number of hydrogen-bond acceptors (Lipinski definition) is 6. The molecule has 1 heterocycles. The van der Waals surface area contributed by atoms with Crippen molar-refractivity contribution >= 4 is 56.1 Å². The van der Waals surface area contributed by atoms with Gasteiger partial charge in [0, 0.05) is 25.3 Å². The molecule has 0 atom stereocenters. The van der Waals surface area contributed by atoms with Crippen molar-refractivity contribution in [2.45, 2.75) is 6.42 Å². The van der Waals surface area contributed by atoms with Gasteiger partial charge in [0.2, 0.25) is 15.9 Å². The van der Waals surface area contributed by atoms with Crippen molar-refractivity contribution in [2.24, 2.45) is 0 Å². The van der Waals surface area contributed by atoms with Crippen molar-refractivity contribution < 1.29 is 32.3 Å². The van der Waals surface area contributed by atoms with Gasteiger partial charge in [-0.3, -0.25) is 18.7 Å². The predicted octanol–water partition coefficient (Wildman–Crippen LogP) is 3.24. The molecule has 10 nitrogen and oxygen atoms in total. The minimum atomic E-state index is -3.77. The van der Waals surface area contributed by atoms with Gasteiger partial charge in [0.15, 0.2) is 0 Å². The largest absolute Gasteiger partial charge is 0.481 e. The topological polar surface area (TPSA) is 136 Å². The Morgan fingerprint density at radius 1 is 1.02 bits per heavy atom. The normalized spacial score (nSPS) is 13.8. The van der Waals surface area contributed by atoms with Crippen LogP contribution >= 0.6 is 0 Å². The summed E-state index contributed by atoms with van der Waals surface area (Å²) < 4.78 is 39.7. The second-order valence-electron chi connectivity index (χ2n) is 9.39. The van der Waals surface area contributed by atoms with Crippen LogP contribution < -0.4 is 14.9 Å². The summed E-state index contributed by atoms with van der Waals surface area (Å²) in [5.74, 6) is -2.41. The third kappa shape index (κ3) is 6.29. The Labute approximate surface area is 230 Å². The summed E-state index contributed by atoms with van der Waals surface area (Å²) in [7, 11) is -0.713. The standard InChI is InChI=1S/C28H27FN4O6S/c1-32(2)24(34)16-33(40(3,38)39)21-10-8-20(9-11-21)30-27(18-6-4-5-17(13-18)14-25(35)36)26-22-12-7-19(29)15-23(22)31-28(26)37/h4-13,15,30H,14,16H2,1-3H3,(H,31,37)(H,35,36)/b27-26-. The molecule has 12 heteroatoms. The molecule has 0 saturated heterocycles. The van der Waals surface area contributed by atoms with E-state index in [2.05, 4.69) is 10.6 Å². The molecule has 0 spiro atoms.